The molecule has 148 valence electrons. The fourth-order valence-corrected chi connectivity index (χ4v) is 3.52. The van der Waals surface area contributed by atoms with E-state index in [2.05, 4.69) is 51.2 Å². The predicted molar refractivity (Wildman–Crippen MR) is 113 cm³/mol. The van der Waals surface area contributed by atoms with Crippen LogP contribution < -0.4 is 11.1 Å². The van der Waals surface area contributed by atoms with Gasteiger partial charge in [0.25, 0.3) is 0 Å². The average Bonchev–Trinajstić information content (AvgIpc) is 2.97. The minimum atomic E-state index is -0.381. The second-order valence-electron chi connectivity index (χ2n) is 7.76. The van der Waals surface area contributed by atoms with Crippen molar-refractivity contribution in [2.24, 2.45) is 0 Å². The molecule has 0 aliphatic carbocycles. The fraction of sp³-hybridized carbons (Fsp3) is 0.391. The van der Waals surface area contributed by atoms with Crippen molar-refractivity contribution in [1.82, 2.24) is 4.57 Å². The van der Waals surface area contributed by atoms with Gasteiger partial charge >= 0.3 is 5.76 Å². The zero-order valence-electron chi connectivity index (χ0n) is 17.0. The summed E-state index contributed by atoms with van der Waals surface area (Å²) in [5.41, 5.74) is 4.57. The summed E-state index contributed by atoms with van der Waals surface area (Å²) in [4.78, 5) is 24.7. The molecule has 0 saturated carbocycles. The van der Waals surface area contributed by atoms with E-state index in [4.69, 9.17) is 4.42 Å². The quantitative estimate of drug-likeness (QED) is 0.608. The van der Waals surface area contributed by atoms with Gasteiger partial charge in [-0.25, -0.2) is 4.79 Å². The molecular weight excluding hydrogens is 352 g/mol. The van der Waals surface area contributed by atoms with E-state index in [1.807, 2.05) is 18.2 Å². The van der Waals surface area contributed by atoms with Crippen molar-refractivity contribution in [3.8, 4) is 0 Å². The highest BCUT2D eigenvalue weighted by molar-refractivity contribution is 5.92. The molecule has 3 rings (SSSR count). The van der Waals surface area contributed by atoms with Gasteiger partial charge in [0.05, 0.1) is 5.52 Å². The van der Waals surface area contributed by atoms with Crippen LogP contribution in [0.2, 0.25) is 0 Å². The van der Waals surface area contributed by atoms with Gasteiger partial charge in [-0.3, -0.25) is 9.36 Å². The molecule has 0 spiro atoms. The monoisotopic (exact) mass is 380 g/mol. The molecule has 0 atom stereocenters. The first-order valence-electron chi connectivity index (χ1n) is 9.89. The lowest BCUT2D eigenvalue weighted by Crippen LogP contribution is -2.18. The minimum absolute atomic E-state index is 0.0316. The van der Waals surface area contributed by atoms with Crippen molar-refractivity contribution in [3.63, 3.8) is 0 Å². The number of nitrogens with zero attached hydrogens (tertiary/aromatic N) is 1. The zero-order valence-corrected chi connectivity index (χ0v) is 17.0. The third-order valence-corrected chi connectivity index (χ3v) is 5.00. The number of aromatic nitrogens is 1. The maximum atomic E-state index is 12.6. The number of oxazole rings is 1. The van der Waals surface area contributed by atoms with Crippen LogP contribution >= 0.6 is 0 Å². The van der Waals surface area contributed by atoms with Crippen molar-refractivity contribution in [3.05, 3.63) is 64.1 Å². The predicted octanol–water partition coefficient (Wildman–Crippen LogP) is 5.26. The minimum Gasteiger partial charge on any atom is -0.408 e. The molecule has 1 aromatic heterocycles. The molecule has 1 amide bonds. The molecule has 5 nitrogen and oxygen atoms in total. The van der Waals surface area contributed by atoms with Crippen LogP contribution in [-0.2, 0) is 11.3 Å². The summed E-state index contributed by atoms with van der Waals surface area (Å²) in [5, 5.41) is 3.12. The number of benzene rings is 2. The second-order valence-corrected chi connectivity index (χ2v) is 7.76. The summed E-state index contributed by atoms with van der Waals surface area (Å²) >= 11 is 0. The molecule has 0 saturated heterocycles. The van der Waals surface area contributed by atoms with Gasteiger partial charge in [0.15, 0.2) is 5.58 Å². The molecule has 2 aromatic carbocycles. The Kier molecular flexibility index (Phi) is 6.02. The number of rotatable bonds is 7. The fourth-order valence-electron chi connectivity index (χ4n) is 3.52. The molecule has 0 radical (unpaired) electrons. The highest BCUT2D eigenvalue weighted by Crippen LogP contribution is 2.32. The third-order valence-electron chi connectivity index (χ3n) is 5.00. The van der Waals surface area contributed by atoms with Crippen LogP contribution in [0.25, 0.3) is 11.1 Å². The van der Waals surface area contributed by atoms with Gasteiger partial charge in [-0.05, 0) is 41.5 Å². The van der Waals surface area contributed by atoms with Gasteiger partial charge in [-0.1, -0.05) is 58.0 Å². The highest BCUT2D eigenvalue weighted by atomic mass is 16.4. The van der Waals surface area contributed by atoms with Crippen LogP contribution in [0.4, 0.5) is 5.69 Å². The van der Waals surface area contributed by atoms with E-state index in [1.165, 1.54) is 0 Å². The van der Waals surface area contributed by atoms with E-state index in [1.54, 1.807) is 10.6 Å². The Balaban J connectivity index is 1.70. The normalized spacial score (nSPS) is 11.5. The maximum absolute atomic E-state index is 12.6. The lowest BCUT2D eigenvalue weighted by Gasteiger charge is -2.20. The molecular formula is C23H28N2O3. The third kappa shape index (κ3) is 4.19. The smallest absolute Gasteiger partial charge is 0.408 e. The number of nitrogens with one attached hydrogen (secondary N) is 1. The maximum Gasteiger partial charge on any atom is 0.419 e. The molecule has 0 bridgehead atoms. The molecule has 0 aliphatic heterocycles. The number of amides is 1. The number of aryl methyl sites for hydroxylation is 1. The Morgan fingerprint density at radius 3 is 2.29 bits per heavy atom. The van der Waals surface area contributed by atoms with Gasteiger partial charge in [-0.2, -0.15) is 0 Å². The summed E-state index contributed by atoms with van der Waals surface area (Å²) in [5.74, 6) is 0.236. The summed E-state index contributed by atoms with van der Waals surface area (Å²) in [6, 6.07) is 13.5. The van der Waals surface area contributed by atoms with E-state index in [0.717, 1.165) is 22.3 Å². The standard InChI is InChI=1S/C23H28N2O3/c1-15(2)17-9-7-10-18(16(3)4)22(17)24-21(26)13-8-14-25-19-11-5-6-12-20(19)28-23(25)27/h5-7,9-12,15-16H,8,13-14H2,1-4H3,(H,24,26). The molecule has 3 aromatic rings. The molecule has 0 fully saturated rings. The first kappa shape index (κ1) is 19.9. The van der Waals surface area contributed by atoms with Gasteiger partial charge in [-0.15, -0.1) is 0 Å². The number of hydrogen-bond acceptors (Lipinski definition) is 3. The van der Waals surface area contributed by atoms with Crippen LogP contribution in [0, 0.1) is 0 Å². The van der Waals surface area contributed by atoms with Gasteiger partial charge in [0, 0.05) is 18.7 Å². The van der Waals surface area contributed by atoms with Crippen molar-refractivity contribution in [2.75, 3.05) is 5.32 Å². The number of anilines is 1. The highest BCUT2D eigenvalue weighted by Gasteiger charge is 2.16. The molecule has 0 unspecified atom stereocenters. The number of carbonyl (C=O) groups excluding carboxylic acids is 1. The zero-order chi connectivity index (χ0) is 20.3. The summed E-state index contributed by atoms with van der Waals surface area (Å²) in [7, 11) is 0. The Morgan fingerprint density at radius 2 is 1.64 bits per heavy atom. The Labute approximate surface area is 165 Å². The largest absolute Gasteiger partial charge is 0.419 e. The molecule has 1 N–H and O–H groups in total. The van der Waals surface area contributed by atoms with Crippen LogP contribution in [0.1, 0.15) is 63.5 Å². The molecule has 5 heteroatoms. The average molecular weight is 380 g/mol. The topological polar surface area (TPSA) is 64.2 Å². The van der Waals surface area contributed by atoms with Gasteiger partial charge < -0.3 is 9.73 Å². The lowest BCUT2D eigenvalue weighted by molar-refractivity contribution is -0.116. The van der Waals surface area contributed by atoms with Crippen LogP contribution in [0.3, 0.4) is 0 Å². The van der Waals surface area contributed by atoms with E-state index in [0.29, 0.717) is 36.8 Å². The van der Waals surface area contributed by atoms with Crippen molar-refractivity contribution < 1.29 is 9.21 Å². The lowest BCUT2D eigenvalue weighted by atomic mass is 9.92. The number of carbonyl (C=O) groups is 1. The van der Waals surface area contributed by atoms with E-state index in [-0.39, 0.29) is 11.7 Å². The van der Waals surface area contributed by atoms with E-state index in [9.17, 15) is 9.59 Å². The second kappa shape index (κ2) is 8.46. The van der Waals surface area contributed by atoms with E-state index >= 15 is 0 Å². The van der Waals surface area contributed by atoms with Crippen molar-refractivity contribution in [2.45, 2.75) is 58.9 Å². The molecule has 0 aliphatic rings. The summed E-state index contributed by atoms with van der Waals surface area (Å²) in [6.07, 6.45) is 0.909. The Bertz CT molecular complexity index is 1000. The Hall–Kier alpha value is -2.82. The van der Waals surface area contributed by atoms with Crippen LogP contribution in [0.15, 0.2) is 51.7 Å². The van der Waals surface area contributed by atoms with Crippen LogP contribution in [0.5, 0.6) is 0 Å². The van der Waals surface area contributed by atoms with Crippen LogP contribution in [-0.4, -0.2) is 10.5 Å². The van der Waals surface area contributed by atoms with Crippen molar-refractivity contribution in [1.29, 1.82) is 0 Å². The SMILES string of the molecule is CC(C)c1cccc(C(C)C)c1NC(=O)CCCn1c(=O)oc2ccccc21. The first-order chi connectivity index (χ1) is 13.4. The molecule has 1 heterocycles. The first-order valence-corrected chi connectivity index (χ1v) is 9.89. The van der Waals surface area contributed by atoms with E-state index < -0.39 is 0 Å². The number of hydrogen-bond donors (Lipinski definition) is 1. The molecule has 28 heavy (non-hydrogen) atoms. The van der Waals surface area contributed by atoms with Gasteiger partial charge in [0.1, 0.15) is 0 Å². The number of fused-ring (bicyclic) bond motifs is 1. The van der Waals surface area contributed by atoms with Gasteiger partial charge in [0.2, 0.25) is 5.91 Å². The summed E-state index contributed by atoms with van der Waals surface area (Å²) in [6.45, 7) is 8.97. The van der Waals surface area contributed by atoms with Crippen molar-refractivity contribution >= 4 is 22.7 Å². The number of para-hydroxylation sites is 3. The summed E-state index contributed by atoms with van der Waals surface area (Å²) < 4.78 is 6.83. The Morgan fingerprint density at radius 1 is 1.00 bits per heavy atom.